The molecule has 0 atom stereocenters. The molecule has 12 heavy (non-hydrogen) atoms. The van der Waals surface area contributed by atoms with E-state index in [9.17, 15) is 0 Å². The van der Waals surface area contributed by atoms with E-state index >= 15 is 0 Å². The molecular formula is C4HCl2N5S. The Hall–Kier alpha value is -0.720. The number of azo groups is 1. The van der Waals surface area contributed by atoms with Gasteiger partial charge in [-0.1, -0.05) is 12.2 Å². The van der Waals surface area contributed by atoms with Crippen LogP contribution >= 0.6 is 35.4 Å². The molecule has 1 aromatic rings. The second kappa shape index (κ2) is 4.34. The highest BCUT2D eigenvalue weighted by atomic mass is 35.5. The summed E-state index contributed by atoms with van der Waals surface area (Å²) in [5, 5.41) is 6.78. The Kier molecular flexibility index (Phi) is 3.39. The summed E-state index contributed by atoms with van der Waals surface area (Å²) in [6.45, 7) is 0. The Balaban J connectivity index is 3.00. The van der Waals surface area contributed by atoms with E-state index in [0.717, 1.165) is 5.49 Å². The average Bonchev–Trinajstić information content (AvgIpc) is 1.99. The van der Waals surface area contributed by atoms with Gasteiger partial charge in [-0.05, 0) is 23.2 Å². The normalized spacial score (nSPS) is 10.5. The zero-order valence-electron chi connectivity index (χ0n) is 5.48. The molecule has 0 fully saturated rings. The fourth-order valence-electron chi connectivity index (χ4n) is 0.436. The van der Waals surface area contributed by atoms with Gasteiger partial charge in [-0.2, -0.15) is 15.0 Å². The van der Waals surface area contributed by atoms with Crippen molar-refractivity contribution in [1.82, 2.24) is 15.0 Å². The lowest BCUT2D eigenvalue weighted by atomic mass is 11.0. The third kappa shape index (κ3) is 2.72. The van der Waals surface area contributed by atoms with Crippen LogP contribution in [0.25, 0.3) is 0 Å². The number of hydrogen-bond donors (Lipinski definition) is 0. The first-order chi connectivity index (χ1) is 5.72. The number of rotatable bonds is 2. The van der Waals surface area contributed by atoms with Crippen molar-refractivity contribution in [2.45, 2.75) is 0 Å². The first-order valence-electron chi connectivity index (χ1n) is 2.64. The van der Waals surface area contributed by atoms with E-state index in [0.29, 0.717) is 0 Å². The molecule has 0 N–H and O–H groups in total. The molecule has 8 heteroatoms. The summed E-state index contributed by atoms with van der Waals surface area (Å²) in [5.74, 6) is 0.0288. The summed E-state index contributed by atoms with van der Waals surface area (Å²) in [6.07, 6.45) is 0. The molecule has 0 saturated carbocycles. The average molecular weight is 222 g/mol. The zero-order valence-corrected chi connectivity index (χ0v) is 7.81. The van der Waals surface area contributed by atoms with Crippen LogP contribution in [0.1, 0.15) is 0 Å². The Bertz CT molecular complexity index is 307. The maximum absolute atomic E-state index is 5.44. The minimum Gasteiger partial charge on any atom is -0.187 e. The fourth-order valence-corrected chi connectivity index (χ4v) is 0.838. The van der Waals surface area contributed by atoms with Gasteiger partial charge >= 0.3 is 0 Å². The fraction of sp³-hybridized carbons (Fsp3) is 0. The molecule has 0 aromatic carbocycles. The van der Waals surface area contributed by atoms with Crippen LogP contribution in [-0.4, -0.2) is 20.4 Å². The SMILES string of the molecule is S=CN=Nc1nc(Cl)nc(Cl)n1. The number of aromatic nitrogens is 3. The van der Waals surface area contributed by atoms with Crippen molar-refractivity contribution in [2.24, 2.45) is 10.2 Å². The molecule has 0 spiro atoms. The van der Waals surface area contributed by atoms with Gasteiger partial charge in [0.15, 0.2) is 0 Å². The predicted octanol–water partition coefficient (Wildman–Crippen LogP) is 2.22. The van der Waals surface area contributed by atoms with Crippen LogP contribution in [0.5, 0.6) is 0 Å². The number of hydrogen-bond acceptors (Lipinski definition) is 5. The minimum atomic E-state index is -0.0340. The van der Waals surface area contributed by atoms with Crippen LogP contribution in [0.4, 0.5) is 5.95 Å². The molecule has 0 bridgehead atoms. The van der Waals surface area contributed by atoms with Crippen molar-refractivity contribution in [2.75, 3.05) is 0 Å². The quantitative estimate of drug-likeness (QED) is 0.568. The van der Waals surface area contributed by atoms with Gasteiger partial charge in [0, 0.05) is 0 Å². The summed E-state index contributed by atoms with van der Waals surface area (Å²) < 4.78 is 0. The third-order valence-electron chi connectivity index (χ3n) is 0.763. The van der Waals surface area contributed by atoms with Gasteiger partial charge in [0.2, 0.25) is 10.6 Å². The second-order valence-electron chi connectivity index (χ2n) is 1.49. The van der Waals surface area contributed by atoms with Gasteiger partial charge in [-0.3, -0.25) is 0 Å². The van der Waals surface area contributed by atoms with Crippen LogP contribution < -0.4 is 0 Å². The van der Waals surface area contributed by atoms with E-state index in [-0.39, 0.29) is 16.5 Å². The van der Waals surface area contributed by atoms with Gasteiger partial charge in [-0.25, -0.2) is 0 Å². The molecule has 0 aliphatic heterocycles. The van der Waals surface area contributed by atoms with E-state index in [1.807, 2.05) is 0 Å². The zero-order chi connectivity index (χ0) is 8.97. The lowest BCUT2D eigenvalue weighted by molar-refractivity contribution is 1.01. The third-order valence-corrected chi connectivity index (χ3v) is 1.20. The van der Waals surface area contributed by atoms with Gasteiger partial charge in [0.25, 0.3) is 5.95 Å². The molecule has 5 nitrogen and oxygen atoms in total. The van der Waals surface area contributed by atoms with Crippen molar-refractivity contribution < 1.29 is 0 Å². The summed E-state index contributed by atoms with van der Waals surface area (Å²) in [7, 11) is 0. The molecule has 1 aromatic heterocycles. The highest BCUT2D eigenvalue weighted by Crippen LogP contribution is 2.11. The van der Waals surface area contributed by atoms with E-state index in [2.05, 4.69) is 37.4 Å². The lowest BCUT2D eigenvalue weighted by Crippen LogP contribution is -1.87. The van der Waals surface area contributed by atoms with Gasteiger partial charge in [0.1, 0.15) is 5.49 Å². The molecule has 0 aliphatic rings. The molecular weight excluding hydrogens is 221 g/mol. The van der Waals surface area contributed by atoms with Gasteiger partial charge in [-0.15, -0.1) is 10.2 Å². The molecule has 0 aliphatic carbocycles. The number of halogens is 2. The first-order valence-corrected chi connectivity index (χ1v) is 3.86. The highest BCUT2D eigenvalue weighted by molar-refractivity contribution is 7.78. The van der Waals surface area contributed by atoms with Crippen LogP contribution in [0.3, 0.4) is 0 Å². The Labute approximate surface area is 82.9 Å². The molecule has 0 saturated heterocycles. The number of nitrogens with zero attached hydrogens (tertiary/aromatic N) is 5. The Morgan fingerprint density at radius 1 is 1.17 bits per heavy atom. The lowest BCUT2D eigenvalue weighted by Gasteiger charge is -1.90. The summed E-state index contributed by atoms with van der Waals surface area (Å²) in [4.78, 5) is 10.7. The Morgan fingerprint density at radius 2 is 1.75 bits per heavy atom. The van der Waals surface area contributed by atoms with E-state index in [1.165, 1.54) is 0 Å². The maximum Gasteiger partial charge on any atom is 0.274 e. The van der Waals surface area contributed by atoms with E-state index < -0.39 is 0 Å². The minimum absolute atomic E-state index is 0.0288. The topological polar surface area (TPSA) is 63.4 Å². The van der Waals surface area contributed by atoms with Crippen LogP contribution in [0.15, 0.2) is 10.2 Å². The Morgan fingerprint density at radius 3 is 2.25 bits per heavy atom. The van der Waals surface area contributed by atoms with E-state index in [4.69, 9.17) is 23.2 Å². The summed E-state index contributed by atoms with van der Waals surface area (Å²) in [6, 6.07) is 0. The maximum atomic E-state index is 5.44. The van der Waals surface area contributed by atoms with Crippen molar-refractivity contribution >= 4 is 46.9 Å². The molecule has 0 radical (unpaired) electrons. The van der Waals surface area contributed by atoms with E-state index in [1.54, 1.807) is 0 Å². The molecule has 62 valence electrons. The first kappa shape index (κ1) is 9.37. The van der Waals surface area contributed by atoms with Crippen molar-refractivity contribution in [3.8, 4) is 0 Å². The van der Waals surface area contributed by atoms with Crippen molar-refractivity contribution in [3.63, 3.8) is 0 Å². The standard InChI is InChI=1S/C4HCl2N5S/c5-2-8-3(6)10-4(9-2)11-7-1-12/h1H. The molecule has 0 unspecified atom stereocenters. The molecule has 1 rings (SSSR count). The molecule has 1 heterocycles. The van der Waals surface area contributed by atoms with Gasteiger partial charge < -0.3 is 0 Å². The van der Waals surface area contributed by atoms with Crippen LogP contribution in [-0.2, 0) is 0 Å². The van der Waals surface area contributed by atoms with Crippen molar-refractivity contribution in [1.29, 1.82) is 0 Å². The van der Waals surface area contributed by atoms with Gasteiger partial charge in [0.05, 0.1) is 0 Å². The van der Waals surface area contributed by atoms with Crippen LogP contribution in [0, 0.1) is 0 Å². The summed E-state index contributed by atoms with van der Waals surface area (Å²) in [5.41, 5.74) is 1.07. The van der Waals surface area contributed by atoms with Crippen molar-refractivity contribution in [3.05, 3.63) is 10.6 Å². The smallest absolute Gasteiger partial charge is 0.187 e. The number of thiocarbonyl (C=S) groups is 1. The largest absolute Gasteiger partial charge is 0.274 e. The highest BCUT2D eigenvalue weighted by Gasteiger charge is 2.00. The van der Waals surface area contributed by atoms with Crippen LogP contribution in [0.2, 0.25) is 10.6 Å². The molecule has 0 amide bonds. The monoisotopic (exact) mass is 221 g/mol. The predicted molar refractivity (Wildman–Crippen MR) is 48.0 cm³/mol. The summed E-state index contributed by atoms with van der Waals surface area (Å²) >= 11 is 15.3. The second-order valence-corrected chi connectivity index (χ2v) is 2.38.